The molecule has 6 heteroatoms. The van der Waals surface area contributed by atoms with Gasteiger partial charge in [-0.2, -0.15) is 0 Å². The van der Waals surface area contributed by atoms with E-state index < -0.39 is 0 Å². The van der Waals surface area contributed by atoms with Gasteiger partial charge in [0, 0.05) is 16.5 Å². The predicted molar refractivity (Wildman–Crippen MR) is 68.6 cm³/mol. The molecule has 0 aliphatic heterocycles. The topological polar surface area (TPSA) is 50.7 Å². The second-order valence-electron chi connectivity index (χ2n) is 3.27. The molecule has 0 aliphatic carbocycles. The lowest BCUT2D eigenvalue weighted by molar-refractivity contribution is 0.703. The van der Waals surface area contributed by atoms with Crippen molar-refractivity contribution in [1.29, 1.82) is 0 Å². The van der Waals surface area contributed by atoms with E-state index in [1.54, 1.807) is 18.2 Å². The molecular weight excluding hydrogens is 258 g/mol. The fourth-order valence-corrected chi connectivity index (χ4v) is 2.25. The Hall–Kier alpha value is -1.46. The van der Waals surface area contributed by atoms with Crippen LogP contribution in [0.1, 0.15) is 0 Å². The van der Waals surface area contributed by atoms with Gasteiger partial charge in [-0.15, -0.1) is 11.7 Å². The summed E-state index contributed by atoms with van der Waals surface area (Å²) in [5, 5.41) is 7.67. The maximum absolute atomic E-state index is 11.4. The summed E-state index contributed by atoms with van der Waals surface area (Å²) in [5.41, 5.74) is -0.235. The average Bonchev–Trinajstić information content (AvgIpc) is 2.65. The Labute approximate surface area is 107 Å². The van der Waals surface area contributed by atoms with Gasteiger partial charge in [0.05, 0.1) is 0 Å². The molecule has 4 nitrogen and oxygen atoms in total. The maximum atomic E-state index is 11.4. The van der Waals surface area contributed by atoms with Crippen LogP contribution in [0, 0.1) is 0 Å². The monoisotopic (exact) mass is 267 g/mol. The van der Waals surface area contributed by atoms with E-state index in [0.717, 1.165) is 4.90 Å². The van der Waals surface area contributed by atoms with Gasteiger partial charge in [-0.1, -0.05) is 17.7 Å². The first-order valence-electron chi connectivity index (χ1n) is 4.90. The van der Waals surface area contributed by atoms with Crippen molar-refractivity contribution in [2.24, 2.45) is 0 Å². The van der Waals surface area contributed by atoms with Crippen molar-refractivity contribution in [1.82, 2.24) is 14.8 Å². The van der Waals surface area contributed by atoms with Gasteiger partial charge in [0.25, 0.3) is 0 Å². The summed E-state index contributed by atoms with van der Waals surface area (Å²) in [7, 11) is 0. The lowest BCUT2D eigenvalue weighted by Crippen LogP contribution is -2.16. The summed E-state index contributed by atoms with van der Waals surface area (Å²) in [5.74, 6) is 0. The van der Waals surface area contributed by atoms with Crippen LogP contribution in [-0.4, -0.2) is 14.8 Å². The van der Waals surface area contributed by atoms with Crippen LogP contribution in [-0.2, 0) is 6.54 Å². The molecule has 17 heavy (non-hydrogen) atoms. The zero-order valence-corrected chi connectivity index (χ0v) is 10.5. The average molecular weight is 268 g/mol. The van der Waals surface area contributed by atoms with E-state index in [0.29, 0.717) is 16.7 Å². The van der Waals surface area contributed by atoms with Crippen molar-refractivity contribution in [3.63, 3.8) is 0 Å². The highest BCUT2D eigenvalue weighted by Gasteiger charge is 2.08. The molecule has 0 saturated heterocycles. The summed E-state index contributed by atoms with van der Waals surface area (Å²) in [6.45, 7) is 4.04. The molecule has 1 heterocycles. The highest BCUT2D eigenvalue weighted by atomic mass is 35.5. The normalized spacial score (nSPS) is 10.4. The van der Waals surface area contributed by atoms with E-state index in [4.69, 9.17) is 11.6 Å². The third-order valence-corrected chi connectivity index (χ3v) is 3.31. The third kappa shape index (κ3) is 2.81. The van der Waals surface area contributed by atoms with Gasteiger partial charge in [-0.3, -0.25) is 4.57 Å². The molecule has 1 aromatic carbocycles. The highest BCUT2D eigenvalue weighted by Crippen LogP contribution is 2.26. The molecular formula is C11H10ClN3OS. The standard InChI is InChI=1S/C11H10ClN3OS/c1-2-7-15-10(16)13-14-11(15)17-9-5-3-8(12)4-6-9/h2-6H,1,7H2,(H,13,16). The Morgan fingerprint density at radius 3 is 2.82 bits per heavy atom. The van der Waals surface area contributed by atoms with Crippen molar-refractivity contribution in [3.05, 3.63) is 52.4 Å². The smallest absolute Gasteiger partial charge is 0.266 e. The highest BCUT2D eigenvalue weighted by molar-refractivity contribution is 7.99. The van der Waals surface area contributed by atoms with Crippen molar-refractivity contribution >= 4 is 23.4 Å². The van der Waals surface area contributed by atoms with Crippen LogP contribution in [0.3, 0.4) is 0 Å². The molecule has 0 radical (unpaired) electrons. The summed E-state index contributed by atoms with van der Waals surface area (Å²) < 4.78 is 1.52. The molecule has 0 bridgehead atoms. The Bertz CT molecular complexity index is 573. The van der Waals surface area contributed by atoms with Gasteiger partial charge < -0.3 is 0 Å². The Morgan fingerprint density at radius 2 is 2.18 bits per heavy atom. The molecule has 0 fully saturated rings. The minimum atomic E-state index is -0.235. The molecule has 2 aromatic rings. The van der Waals surface area contributed by atoms with E-state index in [-0.39, 0.29) is 5.69 Å². The van der Waals surface area contributed by atoms with Crippen LogP contribution in [0.5, 0.6) is 0 Å². The van der Waals surface area contributed by atoms with E-state index in [9.17, 15) is 4.79 Å². The van der Waals surface area contributed by atoms with Crippen LogP contribution < -0.4 is 5.69 Å². The fraction of sp³-hybridized carbons (Fsp3) is 0.0909. The van der Waals surface area contributed by atoms with E-state index in [1.807, 2.05) is 12.1 Å². The van der Waals surface area contributed by atoms with E-state index >= 15 is 0 Å². The number of allylic oxidation sites excluding steroid dienone is 1. The predicted octanol–water partition coefficient (Wildman–Crippen LogP) is 2.56. The minimum absolute atomic E-state index is 0.235. The largest absolute Gasteiger partial charge is 0.344 e. The Balaban J connectivity index is 2.26. The number of benzene rings is 1. The first kappa shape index (κ1) is 12.0. The van der Waals surface area contributed by atoms with Crippen molar-refractivity contribution < 1.29 is 0 Å². The fourth-order valence-electron chi connectivity index (χ4n) is 1.28. The minimum Gasteiger partial charge on any atom is -0.266 e. The van der Waals surface area contributed by atoms with Gasteiger partial charge in [0.15, 0.2) is 5.16 Å². The number of hydrogen-bond acceptors (Lipinski definition) is 3. The number of halogens is 1. The maximum Gasteiger partial charge on any atom is 0.344 e. The molecule has 2 rings (SSSR count). The zero-order valence-electron chi connectivity index (χ0n) is 8.89. The van der Waals surface area contributed by atoms with Crippen molar-refractivity contribution in [3.8, 4) is 0 Å². The van der Waals surface area contributed by atoms with Crippen LogP contribution in [0.2, 0.25) is 5.02 Å². The van der Waals surface area contributed by atoms with E-state index in [2.05, 4.69) is 16.8 Å². The van der Waals surface area contributed by atoms with Gasteiger partial charge >= 0.3 is 5.69 Å². The van der Waals surface area contributed by atoms with Crippen LogP contribution in [0.25, 0.3) is 0 Å². The van der Waals surface area contributed by atoms with Crippen LogP contribution in [0.4, 0.5) is 0 Å². The summed E-state index contributed by atoms with van der Waals surface area (Å²) >= 11 is 7.20. The number of nitrogens with one attached hydrogen (secondary N) is 1. The molecule has 88 valence electrons. The Morgan fingerprint density at radius 1 is 1.47 bits per heavy atom. The molecule has 0 spiro atoms. The van der Waals surface area contributed by atoms with Crippen LogP contribution in [0.15, 0.2) is 51.8 Å². The molecule has 1 aromatic heterocycles. The van der Waals surface area contributed by atoms with Gasteiger partial charge in [-0.05, 0) is 36.0 Å². The number of nitrogens with zero attached hydrogens (tertiary/aromatic N) is 2. The molecule has 0 amide bonds. The van der Waals surface area contributed by atoms with Crippen LogP contribution >= 0.6 is 23.4 Å². The van der Waals surface area contributed by atoms with Crippen molar-refractivity contribution in [2.45, 2.75) is 16.6 Å². The zero-order chi connectivity index (χ0) is 12.3. The number of rotatable bonds is 4. The number of hydrogen-bond donors (Lipinski definition) is 1. The number of H-pyrrole nitrogens is 1. The Kier molecular flexibility index (Phi) is 3.71. The second kappa shape index (κ2) is 5.25. The van der Waals surface area contributed by atoms with Gasteiger partial charge in [-0.25, -0.2) is 9.89 Å². The summed E-state index contributed by atoms with van der Waals surface area (Å²) in [6.07, 6.45) is 1.66. The molecule has 0 saturated carbocycles. The number of aromatic amines is 1. The molecule has 0 unspecified atom stereocenters. The molecule has 0 atom stereocenters. The molecule has 0 aliphatic rings. The summed E-state index contributed by atoms with van der Waals surface area (Å²) in [6, 6.07) is 7.35. The van der Waals surface area contributed by atoms with Crippen molar-refractivity contribution in [2.75, 3.05) is 0 Å². The third-order valence-electron chi connectivity index (χ3n) is 2.06. The second-order valence-corrected chi connectivity index (χ2v) is 4.74. The van der Waals surface area contributed by atoms with Gasteiger partial charge in [0.1, 0.15) is 0 Å². The quantitative estimate of drug-likeness (QED) is 0.866. The first-order chi connectivity index (χ1) is 8.20. The lowest BCUT2D eigenvalue weighted by atomic mass is 10.4. The SMILES string of the molecule is C=CCn1c(Sc2ccc(Cl)cc2)n[nH]c1=O. The van der Waals surface area contributed by atoms with E-state index in [1.165, 1.54) is 16.3 Å². The molecule has 1 N–H and O–H groups in total. The number of aromatic nitrogens is 3. The first-order valence-corrected chi connectivity index (χ1v) is 6.09. The summed E-state index contributed by atoms with van der Waals surface area (Å²) in [4.78, 5) is 12.4. The lowest BCUT2D eigenvalue weighted by Gasteiger charge is -2.02. The van der Waals surface area contributed by atoms with Gasteiger partial charge in [0.2, 0.25) is 0 Å².